The number of imide groups is 1. The van der Waals surface area contributed by atoms with Crippen LogP contribution in [-0.2, 0) is 19.1 Å². The molecule has 1 aliphatic heterocycles. The van der Waals surface area contributed by atoms with Crippen LogP contribution in [0.2, 0.25) is 0 Å². The monoisotopic (exact) mass is 634 g/mol. The van der Waals surface area contributed by atoms with Gasteiger partial charge in [-0.3, -0.25) is 14.4 Å². The van der Waals surface area contributed by atoms with E-state index in [0.29, 0.717) is 11.4 Å². The van der Waals surface area contributed by atoms with Crippen LogP contribution in [0.4, 0.5) is 11.4 Å². The molecule has 43 heavy (non-hydrogen) atoms. The first-order valence-electron chi connectivity index (χ1n) is 14.1. The standard InChI is InChI=1S/C35H27BrN2O5/c1-18-19(2)27(16-15-26(18)36)37-28(39)17-43-35(42)20-11-13-21(14-12-20)38-33(40)31-29-22-7-3-4-8-23(22)30(32(31)34(38)41)25-10-6-5-9-24(25)29/h3-16,29-32H,17H2,1-2H3,(H,37,39)/t29?,30?,31-,32-/m1/s1. The molecule has 1 N–H and O–H groups in total. The molecule has 0 aromatic heterocycles. The van der Waals surface area contributed by atoms with Crippen LogP contribution in [0.25, 0.3) is 0 Å². The molecule has 3 aliphatic carbocycles. The minimum Gasteiger partial charge on any atom is -0.452 e. The third-order valence-electron chi connectivity index (χ3n) is 9.14. The molecule has 7 nitrogen and oxygen atoms in total. The highest BCUT2D eigenvalue weighted by atomic mass is 79.9. The Kier molecular flexibility index (Phi) is 6.54. The summed E-state index contributed by atoms with van der Waals surface area (Å²) in [6.07, 6.45) is 0. The number of rotatable bonds is 5. The summed E-state index contributed by atoms with van der Waals surface area (Å²) in [6.45, 7) is 3.39. The van der Waals surface area contributed by atoms with Crippen molar-refractivity contribution in [1.29, 1.82) is 0 Å². The first-order chi connectivity index (χ1) is 20.8. The van der Waals surface area contributed by atoms with Gasteiger partial charge in [-0.2, -0.15) is 0 Å². The lowest BCUT2D eigenvalue weighted by atomic mass is 9.55. The number of anilines is 2. The fourth-order valence-corrected chi connectivity index (χ4v) is 7.43. The van der Waals surface area contributed by atoms with Gasteiger partial charge in [-0.25, -0.2) is 9.69 Å². The fraction of sp³-hybridized carbons (Fsp3) is 0.200. The number of carbonyl (C=O) groups excluding carboxylic acids is 4. The second kappa shape index (κ2) is 10.3. The van der Waals surface area contributed by atoms with E-state index in [1.165, 1.54) is 17.0 Å². The van der Waals surface area contributed by atoms with E-state index in [9.17, 15) is 19.2 Å². The van der Waals surface area contributed by atoms with Crippen LogP contribution in [0.5, 0.6) is 0 Å². The Bertz CT molecular complexity index is 1730. The summed E-state index contributed by atoms with van der Waals surface area (Å²) < 4.78 is 6.18. The molecule has 4 aromatic rings. The Labute approximate surface area is 257 Å². The highest BCUT2D eigenvalue weighted by Gasteiger charge is 2.61. The number of hydrogen-bond acceptors (Lipinski definition) is 5. The maximum atomic E-state index is 13.9. The van der Waals surface area contributed by atoms with E-state index in [0.717, 1.165) is 37.9 Å². The number of nitrogens with zero attached hydrogens (tertiary/aromatic N) is 1. The van der Waals surface area contributed by atoms with Crippen LogP contribution in [0, 0.1) is 25.7 Å². The van der Waals surface area contributed by atoms with E-state index < -0.39 is 30.3 Å². The number of amides is 3. The molecule has 2 atom stereocenters. The van der Waals surface area contributed by atoms with E-state index in [1.54, 1.807) is 18.2 Å². The number of nitrogens with one attached hydrogen (secondary N) is 1. The van der Waals surface area contributed by atoms with Gasteiger partial charge in [-0.15, -0.1) is 0 Å². The van der Waals surface area contributed by atoms with E-state index in [-0.39, 0.29) is 29.2 Å². The summed E-state index contributed by atoms with van der Waals surface area (Å²) >= 11 is 3.47. The molecule has 4 aliphatic rings. The summed E-state index contributed by atoms with van der Waals surface area (Å²) in [4.78, 5) is 54.3. The molecule has 4 aromatic carbocycles. The molecule has 0 spiro atoms. The zero-order valence-corrected chi connectivity index (χ0v) is 25.1. The van der Waals surface area contributed by atoms with Crippen LogP contribution in [0.1, 0.15) is 55.6 Å². The number of ether oxygens (including phenoxy) is 1. The number of hydrogen-bond donors (Lipinski definition) is 1. The quantitative estimate of drug-likeness (QED) is 0.207. The van der Waals surface area contributed by atoms with E-state index in [1.807, 2.05) is 44.2 Å². The van der Waals surface area contributed by atoms with Crippen molar-refractivity contribution in [3.8, 4) is 0 Å². The Morgan fingerprint density at radius 3 is 1.77 bits per heavy atom. The van der Waals surface area contributed by atoms with Crippen LogP contribution < -0.4 is 10.2 Å². The predicted octanol–water partition coefficient (Wildman–Crippen LogP) is 6.26. The zero-order chi connectivity index (χ0) is 30.0. The van der Waals surface area contributed by atoms with Gasteiger partial charge in [-0.1, -0.05) is 64.5 Å². The van der Waals surface area contributed by atoms with E-state index >= 15 is 0 Å². The van der Waals surface area contributed by atoms with Gasteiger partial charge in [0.2, 0.25) is 11.8 Å². The average molecular weight is 636 g/mol. The lowest BCUT2D eigenvalue weighted by Gasteiger charge is -2.45. The van der Waals surface area contributed by atoms with Crippen LogP contribution in [0.15, 0.2) is 89.4 Å². The molecule has 0 radical (unpaired) electrons. The minimum absolute atomic E-state index is 0.186. The third-order valence-corrected chi connectivity index (χ3v) is 10.00. The lowest BCUT2D eigenvalue weighted by Crippen LogP contribution is -2.41. The number of carbonyl (C=O) groups is 4. The molecule has 1 saturated heterocycles. The molecule has 1 fully saturated rings. The molecule has 2 bridgehead atoms. The van der Waals surface area contributed by atoms with Crippen molar-refractivity contribution < 1.29 is 23.9 Å². The highest BCUT2D eigenvalue weighted by Crippen LogP contribution is 2.61. The largest absolute Gasteiger partial charge is 0.452 e. The topological polar surface area (TPSA) is 92.8 Å². The maximum Gasteiger partial charge on any atom is 0.338 e. The summed E-state index contributed by atoms with van der Waals surface area (Å²) in [7, 11) is 0. The molecule has 1 heterocycles. The first kappa shape index (κ1) is 27.3. The third kappa shape index (κ3) is 4.23. The lowest BCUT2D eigenvalue weighted by molar-refractivity contribution is -0.122. The van der Waals surface area contributed by atoms with E-state index in [2.05, 4.69) is 45.5 Å². The molecular formula is C35H27BrN2O5. The predicted molar refractivity (Wildman–Crippen MR) is 165 cm³/mol. The van der Waals surface area contributed by atoms with Crippen molar-refractivity contribution in [2.24, 2.45) is 11.8 Å². The summed E-state index contributed by atoms with van der Waals surface area (Å²) in [5.74, 6) is -2.92. The van der Waals surface area contributed by atoms with Crippen LogP contribution in [0.3, 0.4) is 0 Å². The van der Waals surface area contributed by atoms with Gasteiger partial charge in [0.25, 0.3) is 5.91 Å². The van der Waals surface area contributed by atoms with Gasteiger partial charge in [0.05, 0.1) is 23.1 Å². The smallest absolute Gasteiger partial charge is 0.338 e. The Morgan fingerprint density at radius 1 is 0.744 bits per heavy atom. The Balaban J connectivity index is 1.08. The summed E-state index contributed by atoms with van der Waals surface area (Å²) in [5.41, 5.74) is 7.64. The summed E-state index contributed by atoms with van der Waals surface area (Å²) in [5, 5.41) is 2.77. The van der Waals surface area contributed by atoms with Gasteiger partial charge < -0.3 is 10.1 Å². The Morgan fingerprint density at radius 2 is 1.26 bits per heavy atom. The highest BCUT2D eigenvalue weighted by molar-refractivity contribution is 9.10. The van der Waals surface area contributed by atoms with Crippen molar-refractivity contribution in [2.45, 2.75) is 25.7 Å². The van der Waals surface area contributed by atoms with Crippen LogP contribution >= 0.6 is 15.9 Å². The van der Waals surface area contributed by atoms with Crippen molar-refractivity contribution in [2.75, 3.05) is 16.8 Å². The average Bonchev–Trinajstić information content (AvgIpc) is 3.30. The molecule has 0 saturated carbocycles. The molecule has 214 valence electrons. The van der Waals surface area contributed by atoms with Gasteiger partial charge in [0, 0.05) is 22.0 Å². The molecule has 0 unspecified atom stereocenters. The van der Waals surface area contributed by atoms with Crippen molar-refractivity contribution in [3.05, 3.63) is 128 Å². The van der Waals surface area contributed by atoms with Gasteiger partial charge in [0.1, 0.15) is 0 Å². The number of halogens is 1. The second-order valence-electron chi connectivity index (χ2n) is 11.3. The van der Waals surface area contributed by atoms with Crippen molar-refractivity contribution in [3.63, 3.8) is 0 Å². The zero-order valence-electron chi connectivity index (χ0n) is 23.5. The Hall–Kier alpha value is -4.56. The van der Waals surface area contributed by atoms with Gasteiger partial charge in [-0.05, 0) is 83.6 Å². The molecule has 8 rings (SSSR count). The van der Waals surface area contributed by atoms with Crippen LogP contribution in [-0.4, -0.2) is 30.3 Å². The van der Waals surface area contributed by atoms with Crippen molar-refractivity contribution in [1.82, 2.24) is 0 Å². The van der Waals surface area contributed by atoms with E-state index in [4.69, 9.17) is 4.74 Å². The molecule has 8 heteroatoms. The summed E-state index contributed by atoms with van der Waals surface area (Å²) in [6, 6.07) is 26.0. The van der Waals surface area contributed by atoms with Gasteiger partial charge in [0.15, 0.2) is 6.61 Å². The molecular weight excluding hydrogens is 608 g/mol. The first-order valence-corrected chi connectivity index (χ1v) is 14.9. The van der Waals surface area contributed by atoms with Crippen molar-refractivity contribution >= 4 is 51.0 Å². The normalized spacial score (nSPS) is 21.2. The fourth-order valence-electron chi connectivity index (χ4n) is 7.00. The minimum atomic E-state index is -0.679. The van der Waals surface area contributed by atoms with Gasteiger partial charge >= 0.3 is 5.97 Å². The maximum absolute atomic E-state index is 13.9. The number of benzene rings is 4. The number of esters is 1. The second-order valence-corrected chi connectivity index (χ2v) is 12.1. The SMILES string of the molecule is Cc1c(Br)ccc(NC(=O)COC(=O)c2ccc(N3C(=O)[C@@H]4C5c6ccccc6C(c6ccccc65)[C@H]4C3=O)cc2)c1C. The molecule has 3 amide bonds.